The number of benzene rings is 3. The van der Waals surface area contributed by atoms with E-state index in [2.05, 4.69) is 0 Å². The molecule has 22 heavy (non-hydrogen) atoms. The van der Waals surface area contributed by atoms with E-state index in [4.69, 9.17) is 9.47 Å². The lowest BCUT2D eigenvalue weighted by molar-refractivity contribution is -0.144. The van der Waals surface area contributed by atoms with Gasteiger partial charge in [0.1, 0.15) is 0 Å². The Labute approximate surface area is 128 Å². The van der Waals surface area contributed by atoms with Gasteiger partial charge in [-0.05, 0) is 16.3 Å². The average Bonchev–Trinajstić information content (AvgIpc) is 2.97. The average molecular weight is 290 g/mol. The number of carbonyl (C=O) groups excluding carboxylic acids is 1. The summed E-state index contributed by atoms with van der Waals surface area (Å²) in [5.74, 6) is -0.343. The third-order valence-electron chi connectivity index (χ3n) is 3.88. The number of esters is 1. The molecule has 0 aliphatic carbocycles. The van der Waals surface area contributed by atoms with Crippen LogP contribution in [0.15, 0.2) is 72.8 Å². The molecule has 2 atom stereocenters. The molecule has 1 fully saturated rings. The van der Waals surface area contributed by atoms with E-state index >= 15 is 0 Å². The van der Waals surface area contributed by atoms with Gasteiger partial charge in [-0.15, -0.1) is 0 Å². The molecule has 1 saturated heterocycles. The molecule has 3 aromatic carbocycles. The van der Waals surface area contributed by atoms with E-state index in [1.807, 2.05) is 72.8 Å². The van der Waals surface area contributed by atoms with Gasteiger partial charge in [0.2, 0.25) is 6.29 Å². The first kappa shape index (κ1) is 13.0. The number of ether oxygens (including phenoxy) is 2. The first-order valence-corrected chi connectivity index (χ1v) is 7.21. The number of fused-ring (bicyclic) bond motifs is 1. The number of rotatable bonds is 2. The maximum absolute atomic E-state index is 12.1. The van der Waals surface area contributed by atoms with Crippen LogP contribution in [0, 0.1) is 0 Å². The van der Waals surface area contributed by atoms with Crippen LogP contribution in [0.4, 0.5) is 0 Å². The molecule has 0 saturated carbocycles. The van der Waals surface area contributed by atoms with Gasteiger partial charge in [0.05, 0.1) is 0 Å². The van der Waals surface area contributed by atoms with Crippen LogP contribution < -0.4 is 0 Å². The highest BCUT2D eigenvalue weighted by molar-refractivity contribution is 5.86. The van der Waals surface area contributed by atoms with Crippen molar-refractivity contribution in [3.63, 3.8) is 0 Å². The lowest BCUT2D eigenvalue weighted by atomic mass is 10.0. The van der Waals surface area contributed by atoms with Gasteiger partial charge in [-0.2, -0.15) is 0 Å². The Hall–Kier alpha value is -2.65. The first-order chi connectivity index (χ1) is 10.8. The molecule has 0 unspecified atom stereocenters. The predicted molar refractivity (Wildman–Crippen MR) is 83.0 cm³/mol. The largest absolute Gasteiger partial charge is 0.429 e. The molecule has 0 bridgehead atoms. The Kier molecular flexibility index (Phi) is 3.13. The molecule has 3 heteroatoms. The Morgan fingerprint density at radius 3 is 2.36 bits per heavy atom. The maximum atomic E-state index is 12.1. The second-order valence-corrected chi connectivity index (χ2v) is 5.26. The molecule has 0 spiro atoms. The van der Waals surface area contributed by atoms with E-state index < -0.39 is 12.4 Å². The van der Waals surface area contributed by atoms with Crippen molar-refractivity contribution < 1.29 is 14.3 Å². The molecule has 1 aliphatic rings. The highest BCUT2D eigenvalue weighted by Gasteiger charge is 2.37. The zero-order chi connectivity index (χ0) is 14.9. The predicted octanol–water partition coefficient (Wildman–Crippen LogP) is 4.15. The fourth-order valence-corrected chi connectivity index (χ4v) is 2.81. The Bertz CT molecular complexity index is 821. The fraction of sp³-hybridized carbons (Fsp3) is 0.105. The van der Waals surface area contributed by atoms with Gasteiger partial charge in [-0.25, -0.2) is 4.79 Å². The van der Waals surface area contributed by atoms with Crippen LogP contribution in [0.25, 0.3) is 10.8 Å². The molecular weight excluding hydrogens is 276 g/mol. The Balaban J connectivity index is 1.71. The van der Waals surface area contributed by atoms with Gasteiger partial charge in [0.15, 0.2) is 6.10 Å². The molecule has 0 amide bonds. The zero-order valence-electron chi connectivity index (χ0n) is 11.8. The highest BCUT2D eigenvalue weighted by Crippen LogP contribution is 2.38. The van der Waals surface area contributed by atoms with Crippen LogP contribution in [0.2, 0.25) is 0 Å². The van der Waals surface area contributed by atoms with Crippen molar-refractivity contribution in [2.45, 2.75) is 12.4 Å². The second-order valence-electron chi connectivity index (χ2n) is 5.26. The summed E-state index contributed by atoms with van der Waals surface area (Å²) >= 11 is 0. The number of hydrogen-bond donors (Lipinski definition) is 0. The van der Waals surface area contributed by atoms with E-state index in [0.29, 0.717) is 0 Å². The summed E-state index contributed by atoms with van der Waals surface area (Å²) in [5, 5.41) is 2.14. The SMILES string of the molecule is O=C1O[C@H](c2cccc3ccccc23)O[C@H]1c1ccccc1. The normalized spacial score (nSPS) is 21.0. The fourth-order valence-electron chi connectivity index (χ4n) is 2.81. The van der Waals surface area contributed by atoms with E-state index in [9.17, 15) is 4.79 Å². The third-order valence-corrected chi connectivity index (χ3v) is 3.88. The quantitative estimate of drug-likeness (QED) is 0.665. The first-order valence-electron chi connectivity index (χ1n) is 7.21. The van der Waals surface area contributed by atoms with Gasteiger partial charge in [-0.3, -0.25) is 0 Å². The monoisotopic (exact) mass is 290 g/mol. The van der Waals surface area contributed by atoms with Gasteiger partial charge < -0.3 is 9.47 Å². The van der Waals surface area contributed by atoms with Crippen molar-refractivity contribution in [1.82, 2.24) is 0 Å². The summed E-state index contributed by atoms with van der Waals surface area (Å²) in [7, 11) is 0. The molecule has 0 aromatic heterocycles. The summed E-state index contributed by atoms with van der Waals surface area (Å²) < 4.78 is 11.3. The van der Waals surface area contributed by atoms with Gasteiger partial charge in [-0.1, -0.05) is 72.8 Å². The van der Waals surface area contributed by atoms with Crippen molar-refractivity contribution in [2.24, 2.45) is 0 Å². The van der Waals surface area contributed by atoms with Crippen molar-refractivity contribution in [1.29, 1.82) is 0 Å². The number of cyclic esters (lactones) is 1. The van der Waals surface area contributed by atoms with Crippen LogP contribution in [-0.4, -0.2) is 5.97 Å². The third kappa shape index (κ3) is 2.16. The minimum Gasteiger partial charge on any atom is -0.429 e. The molecule has 0 N–H and O–H groups in total. The van der Waals surface area contributed by atoms with Gasteiger partial charge in [0, 0.05) is 5.56 Å². The maximum Gasteiger partial charge on any atom is 0.342 e. The van der Waals surface area contributed by atoms with Crippen LogP contribution in [-0.2, 0) is 14.3 Å². The molecule has 3 nitrogen and oxygen atoms in total. The number of hydrogen-bond acceptors (Lipinski definition) is 3. The lowest BCUT2D eigenvalue weighted by Crippen LogP contribution is -2.06. The second kappa shape index (κ2) is 5.28. The summed E-state index contributed by atoms with van der Waals surface area (Å²) in [6, 6.07) is 23.3. The summed E-state index contributed by atoms with van der Waals surface area (Å²) in [6.07, 6.45) is -1.33. The van der Waals surface area contributed by atoms with Gasteiger partial charge in [0.25, 0.3) is 0 Å². The van der Waals surface area contributed by atoms with Crippen molar-refractivity contribution in [3.8, 4) is 0 Å². The standard InChI is InChI=1S/C19H14O3/c20-18-17(14-8-2-1-3-9-14)21-19(22-18)16-12-6-10-13-7-4-5-11-15(13)16/h1-12,17,19H/t17-,19+/m0/s1. The van der Waals surface area contributed by atoms with E-state index in [0.717, 1.165) is 21.9 Å². The van der Waals surface area contributed by atoms with Crippen molar-refractivity contribution in [3.05, 3.63) is 83.9 Å². The molecule has 3 aromatic rings. The Morgan fingerprint density at radius 1 is 0.773 bits per heavy atom. The smallest absolute Gasteiger partial charge is 0.342 e. The van der Waals surface area contributed by atoms with E-state index in [1.54, 1.807) is 0 Å². The van der Waals surface area contributed by atoms with Crippen molar-refractivity contribution >= 4 is 16.7 Å². The van der Waals surface area contributed by atoms with Crippen LogP contribution in [0.5, 0.6) is 0 Å². The van der Waals surface area contributed by atoms with E-state index in [-0.39, 0.29) is 5.97 Å². The summed E-state index contributed by atoms with van der Waals surface area (Å²) in [5.41, 5.74) is 1.69. The topological polar surface area (TPSA) is 35.5 Å². The molecule has 108 valence electrons. The van der Waals surface area contributed by atoms with Crippen molar-refractivity contribution in [2.75, 3.05) is 0 Å². The van der Waals surface area contributed by atoms with Crippen LogP contribution in [0.1, 0.15) is 23.5 Å². The highest BCUT2D eigenvalue weighted by atomic mass is 16.8. The van der Waals surface area contributed by atoms with Crippen LogP contribution >= 0.6 is 0 Å². The molecule has 4 rings (SSSR count). The minimum atomic E-state index is -0.663. The summed E-state index contributed by atoms with van der Waals surface area (Å²) in [4.78, 5) is 12.1. The Morgan fingerprint density at radius 2 is 1.50 bits per heavy atom. The van der Waals surface area contributed by atoms with Crippen LogP contribution in [0.3, 0.4) is 0 Å². The molecule has 1 aliphatic heterocycles. The minimum absolute atomic E-state index is 0.343. The van der Waals surface area contributed by atoms with Gasteiger partial charge >= 0.3 is 5.97 Å². The zero-order valence-corrected chi connectivity index (χ0v) is 11.8. The van der Waals surface area contributed by atoms with E-state index in [1.165, 1.54) is 0 Å². The number of carbonyl (C=O) groups is 1. The molecular formula is C19H14O3. The summed E-state index contributed by atoms with van der Waals surface area (Å²) in [6.45, 7) is 0. The lowest BCUT2D eigenvalue weighted by Gasteiger charge is -2.12. The molecule has 1 heterocycles. The molecule has 0 radical (unpaired) electrons.